The number of para-hydroxylation sites is 1. The lowest BCUT2D eigenvalue weighted by molar-refractivity contribution is -0.124. The summed E-state index contributed by atoms with van der Waals surface area (Å²) in [4.78, 5) is 13.9. The van der Waals surface area contributed by atoms with Crippen LogP contribution in [-0.4, -0.2) is 38.8 Å². The van der Waals surface area contributed by atoms with Crippen LogP contribution in [0, 0.1) is 18.3 Å². The minimum atomic E-state index is -0.382. The minimum Gasteiger partial charge on any atom is -0.377 e. The van der Waals surface area contributed by atoms with Crippen molar-refractivity contribution in [3.8, 4) is 6.07 Å². The summed E-state index contributed by atoms with van der Waals surface area (Å²) in [6, 6.07) is 7.40. The predicted molar refractivity (Wildman–Crippen MR) is 71.9 cm³/mol. The number of hydrogen-bond donors (Lipinski definition) is 1. The summed E-state index contributed by atoms with van der Waals surface area (Å²) in [7, 11) is 1.61. The standard InChI is InChI=1S/C14H17N3O2/c1-10-4-3-5-11(8-15)13(10)17-6-7-19-9-12(17)14(18)16-2/h3-5,12H,6-7,9H2,1-2H3,(H,16,18). The van der Waals surface area contributed by atoms with Crippen molar-refractivity contribution in [1.29, 1.82) is 5.26 Å². The number of carbonyl (C=O) groups is 1. The van der Waals surface area contributed by atoms with E-state index in [1.54, 1.807) is 13.1 Å². The van der Waals surface area contributed by atoms with E-state index in [0.29, 0.717) is 25.3 Å². The molecular formula is C14H17N3O2. The number of likely N-dealkylation sites (N-methyl/N-ethyl adjacent to an activating group) is 1. The van der Waals surface area contributed by atoms with Gasteiger partial charge in [-0.2, -0.15) is 5.26 Å². The van der Waals surface area contributed by atoms with Gasteiger partial charge in [0.2, 0.25) is 5.91 Å². The van der Waals surface area contributed by atoms with E-state index < -0.39 is 0 Å². The van der Waals surface area contributed by atoms with Crippen molar-refractivity contribution in [3.63, 3.8) is 0 Å². The van der Waals surface area contributed by atoms with Crippen LogP contribution in [0.15, 0.2) is 18.2 Å². The first-order valence-corrected chi connectivity index (χ1v) is 6.24. The number of hydrogen-bond acceptors (Lipinski definition) is 4. The number of aryl methyl sites for hydroxylation is 1. The van der Waals surface area contributed by atoms with Gasteiger partial charge in [-0.05, 0) is 18.6 Å². The summed E-state index contributed by atoms with van der Waals surface area (Å²) in [5, 5.41) is 11.9. The molecule has 1 aliphatic rings. The highest BCUT2D eigenvalue weighted by atomic mass is 16.5. The van der Waals surface area contributed by atoms with Gasteiger partial charge in [0.15, 0.2) is 0 Å². The summed E-state index contributed by atoms with van der Waals surface area (Å²) in [6.45, 7) is 3.47. The molecule has 1 aromatic rings. The van der Waals surface area contributed by atoms with Crippen molar-refractivity contribution in [2.24, 2.45) is 0 Å². The van der Waals surface area contributed by atoms with E-state index in [0.717, 1.165) is 11.3 Å². The summed E-state index contributed by atoms with van der Waals surface area (Å²) in [5.74, 6) is -0.0909. The number of ether oxygens (including phenoxy) is 1. The van der Waals surface area contributed by atoms with Crippen molar-refractivity contribution >= 4 is 11.6 Å². The van der Waals surface area contributed by atoms with Crippen molar-refractivity contribution < 1.29 is 9.53 Å². The zero-order chi connectivity index (χ0) is 13.8. The molecule has 100 valence electrons. The van der Waals surface area contributed by atoms with E-state index >= 15 is 0 Å². The average Bonchev–Trinajstić information content (AvgIpc) is 2.46. The fraction of sp³-hybridized carbons (Fsp3) is 0.429. The topological polar surface area (TPSA) is 65.4 Å². The highest BCUT2D eigenvalue weighted by molar-refractivity contribution is 5.86. The van der Waals surface area contributed by atoms with Crippen LogP contribution in [0.1, 0.15) is 11.1 Å². The molecule has 1 atom stereocenters. The van der Waals surface area contributed by atoms with Crippen LogP contribution >= 0.6 is 0 Å². The lowest BCUT2D eigenvalue weighted by Gasteiger charge is -2.37. The van der Waals surface area contributed by atoms with Crippen LogP contribution in [0.2, 0.25) is 0 Å². The summed E-state index contributed by atoms with van der Waals surface area (Å²) < 4.78 is 5.38. The summed E-state index contributed by atoms with van der Waals surface area (Å²) in [6.07, 6.45) is 0. The van der Waals surface area contributed by atoms with Gasteiger partial charge in [0.05, 0.1) is 24.5 Å². The van der Waals surface area contributed by atoms with Crippen LogP contribution in [0.3, 0.4) is 0 Å². The fourth-order valence-electron chi connectivity index (χ4n) is 2.39. The zero-order valence-corrected chi connectivity index (χ0v) is 11.1. The molecule has 2 rings (SSSR count). The number of carbonyl (C=O) groups excluding carboxylic acids is 1. The van der Waals surface area contributed by atoms with E-state index in [1.807, 2.05) is 24.0 Å². The predicted octanol–water partition coefficient (Wildman–Crippen LogP) is 0.818. The molecule has 5 heteroatoms. The Morgan fingerprint density at radius 1 is 1.58 bits per heavy atom. The number of nitrogens with zero attached hydrogens (tertiary/aromatic N) is 2. The van der Waals surface area contributed by atoms with Gasteiger partial charge in [-0.1, -0.05) is 12.1 Å². The molecule has 1 fully saturated rings. The third kappa shape index (κ3) is 2.54. The van der Waals surface area contributed by atoms with Crippen molar-refractivity contribution in [2.75, 3.05) is 31.7 Å². The molecule has 0 aromatic heterocycles. The summed E-state index contributed by atoms with van der Waals surface area (Å²) in [5.41, 5.74) is 2.42. The second kappa shape index (κ2) is 5.72. The molecule has 0 radical (unpaired) electrons. The molecule has 0 bridgehead atoms. The van der Waals surface area contributed by atoms with Crippen LogP contribution < -0.4 is 10.2 Å². The Balaban J connectivity index is 2.43. The lowest BCUT2D eigenvalue weighted by atomic mass is 10.0. The highest BCUT2D eigenvalue weighted by Crippen LogP contribution is 2.27. The van der Waals surface area contributed by atoms with Gasteiger partial charge in [-0.3, -0.25) is 4.79 Å². The van der Waals surface area contributed by atoms with Gasteiger partial charge in [0, 0.05) is 13.6 Å². The maximum absolute atomic E-state index is 11.9. The molecule has 0 saturated carbocycles. The largest absolute Gasteiger partial charge is 0.377 e. The Labute approximate surface area is 112 Å². The number of rotatable bonds is 2. The molecule has 19 heavy (non-hydrogen) atoms. The number of anilines is 1. The normalized spacial score (nSPS) is 18.8. The van der Waals surface area contributed by atoms with Gasteiger partial charge in [-0.25, -0.2) is 0 Å². The molecule has 1 amide bonds. The number of nitriles is 1. The van der Waals surface area contributed by atoms with Gasteiger partial charge in [-0.15, -0.1) is 0 Å². The van der Waals surface area contributed by atoms with E-state index in [1.165, 1.54) is 0 Å². The van der Waals surface area contributed by atoms with Crippen LogP contribution in [0.4, 0.5) is 5.69 Å². The number of nitrogens with one attached hydrogen (secondary N) is 1. The summed E-state index contributed by atoms with van der Waals surface area (Å²) >= 11 is 0. The average molecular weight is 259 g/mol. The smallest absolute Gasteiger partial charge is 0.244 e. The third-order valence-electron chi connectivity index (χ3n) is 3.32. The van der Waals surface area contributed by atoms with E-state index in [9.17, 15) is 10.1 Å². The van der Waals surface area contributed by atoms with Crippen molar-refractivity contribution in [1.82, 2.24) is 5.32 Å². The molecule has 1 N–H and O–H groups in total. The molecule has 1 heterocycles. The van der Waals surface area contributed by atoms with Gasteiger partial charge >= 0.3 is 0 Å². The fourth-order valence-corrected chi connectivity index (χ4v) is 2.39. The Morgan fingerprint density at radius 2 is 2.37 bits per heavy atom. The molecule has 1 aromatic carbocycles. The number of morpholine rings is 1. The third-order valence-corrected chi connectivity index (χ3v) is 3.32. The molecule has 0 aliphatic carbocycles. The Hall–Kier alpha value is -2.06. The second-order valence-corrected chi connectivity index (χ2v) is 4.48. The first-order valence-electron chi connectivity index (χ1n) is 6.24. The zero-order valence-electron chi connectivity index (χ0n) is 11.1. The maximum Gasteiger partial charge on any atom is 0.244 e. The van der Waals surface area contributed by atoms with E-state index in [4.69, 9.17) is 4.74 Å². The van der Waals surface area contributed by atoms with Crippen LogP contribution in [0.5, 0.6) is 0 Å². The first kappa shape index (κ1) is 13.4. The molecule has 1 saturated heterocycles. The first-order chi connectivity index (χ1) is 9.19. The van der Waals surface area contributed by atoms with Crippen molar-refractivity contribution in [2.45, 2.75) is 13.0 Å². The molecule has 1 unspecified atom stereocenters. The quantitative estimate of drug-likeness (QED) is 0.854. The van der Waals surface area contributed by atoms with Gasteiger partial charge in [0.25, 0.3) is 0 Å². The number of amides is 1. The Morgan fingerprint density at radius 3 is 3.05 bits per heavy atom. The molecule has 0 spiro atoms. The van der Waals surface area contributed by atoms with Crippen LogP contribution in [0.25, 0.3) is 0 Å². The number of benzene rings is 1. The van der Waals surface area contributed by atoms with E-state index in [-0.39, 0.29) is 11.9 Å². The second-order valence-electron chi connectivity index (χ2n) is 4.48. The maximum atomic E-state index is 11.9. The minimum absolute atomic E-state index is 0.0909. The van der Waals surface area contributed by atoms with Gasteiger partial charge in [0.1, 0.15) is 12.1 Å². The van der Waals surface area contributed by atoms with Crippen LogP contribution in [-0.2, 0) is 9.53 Å². The van der Waals surface area contributed by atoms with Crippen molar-refractivity contribution in [3.05, 3.63) is 29.3 Å². The lowest BCUT2D eigenvalue weighted by Crippen LogP contribution is -2.53. The SMILES string of the molecule is CNC(=O)C1COCCN1c1c(C)cccc1C#N. The molecule has 1 aliphatic heterocycles. The van der Waals surface area contributed by atoms with E-state index in [2.05, 4.69) is 11.4 Å². The molecule has 5 nitrogen and oxygen atoms in total. The molecular weight excluding hydrogens is 242 g/mol. The van der Waals surface area contributed by atoms with Gasteiger partial charge < -0.3 is 15.0 Å². The Bertz CT molecular complexity index is 522. The highest BCUT2D eigenvalue weighted by Gasteiger charge is 2.31. The monoisotopic (exact) mass is 259 g/mol. The Kier molecular flexibility index (Phi) is 4.03.